The van der Waals surface area contributed by atoms with Gasteiger partial charge in [0, 0.05) is 6.42 Å². The molecular formula is C13H18BrNO3. The third-order valence-electron chi connectivity index (χ3n) is 2.46. The number of hydrogen-bond donors (Lipinski definition) is 1. The number of nitrogens with two attached hydrogens (primary N) is 1. The van der Waals surface area contributed by atoms with Crippen molar-refractivity contribution in [3.8, 4) is 5.75 Å². The molecule has 0 saturated heterocycles. The van der Waals surface area contributed by atoms with Gasteiger partial charge in [-0.1, -0.05) is 12.1 Å². The number of para-hydroxylation sites is 1. The highest BCUT2D eigenvalue weighted by Crippen LogP contribution is 2.29. The number of benzene rings is 1. The molecule has 0 aliphatic rings. The molecule has 100 valence electrons. The summed E-state index contributed by atoms with van der Waals surface area (Å²) in [6.07, 6.45) is 1.77. The van der Waals surface area contributed by atoms with Crippen molar-refractivity contribution in [2.75, 3.05) is 20.3 Å². The van der Waals surface area contributed by atoms with Gasteiger partial charge in [0.2, 0.25) is 0 Å². The van der Waals surface area contributed by atoms with Crippen LogP contribution in [0.5, 0.6) is 5.75 Å². The summed E-state index contributed by atoms with van der Waals surface area (Å²) >= 11 is 3.45. The topological polar surface area (TPSA) is 61.5 Å². The molecule has 2 N–H and O–H groups in total. The number of methoxy groups -OCH3 is 1. The SMILES string of the molecule is COC(=O)CCCOc1c(Br)cccc1CCN. The molecule has 0 saturated carbocycles. The van der Waals surface area contributed by atoms with Crippen molar-refractivity contribution in [3.63, 3.8) is 0 Å². The van der Waals surface area contributed by atoms with Crippen LogP contribution in [0.4, 0.5) is 0 Å². The first-order chi connectivity index (χ1) is 8.69. The summed E-state index contributed by atoms with van der Waals surface area (Å²) < 4.78 is 11.2. The molecule has 4 nitrogen and oxygen atoms in total. The molecule has 0 radical (unpaired) electrons. The average Bonchev–Trinajstić information content (AvgIpc) is 2.37. The molecule has 0 unspecified atom stereocenters. The minimum Gasteiger partial charge on any atom is -0.492 e. The van der Waals surface area contributed by atoms with Gasteiger partial charge >= 0.3 is 5.97 Å². The second kappa shape index (κ2) is 8.11. The number of carbonyl (C=O) groups excluding carboxylic acids is 1. The second-order valence-corrected chi connectivity index (χ2v) is 4.65. The van der Waals surface area contributed by atoms with Gasteiger partial charge in [-0.2, -0.15) is 0 Å². The lowest BCUT2D eigenvalue weighted by Gasteiger charge is -2.12. The van der Waals surface area contributed by atoms with E-state index in [2.05, 4.69) is 20.7 Å². The van der Waals surface area contributed by atoms with Crippen LogP contribution in [-0.2, 0) is 16.0 Å². The molecule has 0 spiro atoms. The molecule has 1 rings (SSSR count). The van der Waals surface area contributed by atoms with Gasteiger partial charge in [0.05, 0.1) is 18.2 Å². The molecule has 0 atom stereocenters. The second-order valence-electron chi connectivity index (χ2n) is 3.79. The molecule has 0 aromatic heterocycles. The van der Waals surface area contributed by atoms with Crippen molar-refractivity contribution in [1.29, 1.82) is 0 Å². The fourth-order valence-electron chi connectivity index (χ4n) is 1.56. The highest BCUT2D eigenvalue weighted by Gasteiger charge is 2.08. The number of esters is 1. The molecule has 0 aliphatic carbocycles. The molecule has 0 amide bonds. The van der Waals surface area contributed by atoms with Crippen molar-refractivity contribution >= 4 is 21.9 Å². The van der Waals surface area contributed by atoms with Crippen LogP contribution in [0, 0.1) is 0 Å². The van der Waals surface area contributed by atoms with E-state index in [1.54, 1.807) is 0 Å². The fourth-order valence-corrected chi connectivity index (χ4v) is 2.08. The van der Waals surface area contributed by atoms with E-state index < -0.39 is 0 Å². The van der Waals surface area contributed by atoms with Crippen LogP contribution in [0.3, 0.4) is 0 Å². The Morgan fingerprint density at radius 2 is 2.22 bits per heavy atom. The van der Waals surface area contributed by atoms with Crippen LogP contribution in [-0.4, -0.2) is 26.2 Å². The van der Waals surface area contributed by atoms with Crippen molar-refractivity contribution in [2.45, 2.75) is 19.3 Å². The Balaban J connectivity index is 2.52. The van der Waals surface area contributed by atoms with Crippen molar-refractivity contribution in [2.24, 2.45) is 5.73 Å². The van der Waals surface area contributed by atoms with Crippen LogP contribution in [0.1, 0.15) is 18.4 Å². The number of rotatable bonds is 7. The molecule has 1 aromatic carbocycles. The zero-order valence-corrected chi connectivity index (χ0v) is 12.0. The van der Waals surface area contributed by atoms with Gasteiger partial charge in [-0.3, -0.25) is 4.79 Å². The van der Waals surface area contributed by atoms with Crippen LogP contribution in [0.2, 0.25) is 0 Å². The molecule has 1 aromatic rings. The molecule has 0 fully saturated rings. The summed E-state index contributed by atoms with van der Waals surface area (Å²) in [6.45, 7) is 1.06. The van der Waals surface area contributed by atoms with Gasteiger partial charge in [-0.05, 0) is 46.9 Å². The monoisotopic (exact) mass is 315 g/mol. The molecule has 0 heterocycles. The predicted octanol–water partition coefficient (Wildman–Crippen LogP) is 2.28. The zero-order chi connectivity index (χ0) is 13.4. The van der Waals surface area contributed by atoms with E-state index in [0.717, 1.165) is 22.2 Å². The number of carbonyl (C=O) groups is 1. The van der Waals surface area contributed by atoms with E-state index in [-0.39, 0.29) is 5.97 Å². The maximum absolute atomic E-state index is 11.0. The maximum atomic E-state index is 11.0. The standard InChI is InChI=1S/C13H18BrNO3/c1-17-12(16)6-3-9-18-13-10(7-8-15)4-2-5-11(13)14/h2,4-5H,3,6-9,15H2,1H3. The Labute approximate surface area is 116 Å². The summed E-state index contributed by atoms with van der Waals surface area (Å²) in [7, 11) is 1.39. The summed E-state index contributed by atoms with van der Waals surface area (Å²) in [5, 5.41) is 0. The third kappa shape index (κ3) is 4.66. The quantitative estimate of drug-likeness (QED) is 0.619. The van der Waals surface area contributed by atoms with Gasteiger partial charge in [-0.25, -0.2) is 0 Å². The van der Waals surface area contributed by atoms with E-state index >= 15 is 0 Å². The first-order valence-corrected chi connectivity index (χ1v) is 6.65. The predicted molar refractivity (Wildman–Crippen MR) is 73.6 cm³/mol. The lowest BCUT2D eigenvalue weighted by molar-refractivity contribution is -0.140. The Morgan fingerprint density at radius 1 is 1.44 bits per heavy atom. The molecule has 18 heavy (non-hydrogen) atoms. The maximum Gasteiger partial charge on any atom is 0.305 e. The van der Waals surface area contributed by atoms with Gasteiger partial charge < -0.3 is 15.2 Å². The van der Waals surface area contributed by atoms with Crippen LogP contribution in [0.15, 0.2) is 22.7 Å². The first kappa shape index (κ1) is 15.0. The third-order valence-corrected chi connectivity index (χ3v) is 3.09. The highest BCUT2D eigenvalue weighted by atomic mass is 79.9. The van der Waals surface area contributed by atoms with Crippen LogP contribution in [0.25, 0.3) is 0 Å². The van der Waals surface area contributed by atoms with E-state index in [9.17, 15) is 4.79 Å². The van der Waals surface area contributed by atoms with Crippen molar-refractivity contribution < 1.29 is 14.3 Å². The Bertz CT molecular complexity index is 396. The first-order valence-electron chi connectivity index (χ1n) is 5.86. The fraction of sp³-hybridized carbons (Fsp3) is 0.462. The summed E-state index contributed by atoms with van der Waals surface area (Å²) in [4.78, 5) is 11.0. The van der Waals surface area contributed by atoms with Crippen molar-refractivity contribution in [3.05, 3.63) is 28.2 Å². The molecule has 5 heteroatoms. The van der Waals surface area contributed by atoms with E-state index in [4.69, 9.17) is 10.5 Å². The molecule has 0 aliphatic heterocycles. The smallest absolute Gasteiger partial charge is 0.305 e. The van der Waals surface area contributed by atoms with Crippen LogP contribution >= 0.6 is 15.9 Å². The Kier molecular flexibility index (Phi) is 6.75. The van der Waals surface area contributed by atoms with E-state index in [1.807, 2.05) is 18.2 Å². The average molecular weight is 316 g/mol. The zero-order valence-electron chi connectivity index (χ0n) is 10.4. The normalized spacial score (nSPS) is 10.2. The summed E-state index contributed by atoms with van der Waals surface area (Å²) in [6, 6.07) is 5.87. The van der Waals surface area contributed by atoms with Gasteiger partial charge in [0.25, 0.3) is 0 Å². The molecular weight excluding hydrogens is 298 g/mol. The highest BCUT2D eigenvalue weighted by molar-refractivity contribution is 9.10. The van der Waals surface area contributed by atoms with Gasteiger partial charge in [0.1, 0.15) is 5.75 Å². The molecule has 0 bridgehead atoms. The summed E-state index contributed by atoms with van der Waals surface area (Å²) in [5.74, 6) is 0.598. The largest absolute Gasteiger partial charge is 0.492 e. The van der Waals surface area contributed by atoms with E-state index in [0.29, 0.717) is 26.0 Å². The lowest BCUT2D eigenvalue weighted by atomic mass is 10.1. The van der Waals surface area contributed by atoms with E-state index in [1.165, 1.54) is 7.11 Å². The Hall–Kier alpha value is -1.07. The van der Waals surface area contributed by atoms with Crippen molar-refractivity contribution in [1.82, 2.24) is 0 Å². The van der Waals surface area contributed by atoms with Gasteiger partial charge in [-0.15, -0.1) is 0 Å². The van der Waals surface area contributed by atoms with Crippen LogP contribution < -0.4 is 10.5 Å². The lowest BCUT2D eigenvalue weighted by Crippen LogP contribution is -2.08. The number of ether oxygens (including phenoxy) is 2. The summed E-state index contributed by atoms with van der Waals surface area (Å²) in [5.41, 5.74) is 6.63. The minimum atomic E-state index is -0.215. The van der Waals surface area contributed by atoms with Gasteiger partial charge in [0.15, 0.2) is 0 Å². The number of halogens is 1. The minimum absolute atomic E-state index is 0.215. The number of hydrogen-bond acceptors (Lipinski definition) is 4. The Morgan fingerprint density at radius 3 is 2.89 bits per heavy atom.